The SMILES string of the molecule is CC(/C(=C\N)N1CCC(/C=N\CN)=C(Nc2ccc(CC(=O)O)cc2)C1)=C(\O)C=O. The fourth-order valence-electron chi connectivity index (χ4n) is 3.15. The third-order valence-corrected chi connectivity index (χ3v) is 4.72. The summed E-state index contributed by atoms with van der Waals surface area (Å²) in [7, 11) is 0. The molecule has 2 rings (SSSR count). The Kier molecular flexibility index (Phi) is 8.18. The monoisotopic (exact) mass is 413 g/mol. The molecule has 1 aromatic rings. The van der Waals surface area contributed by atoms with Crippen LogP contribution in [0.3, 0.4) is 0 Å². The Bertz CT molecular complexity index is 900. The molecule has 0 aromatic heterocycles. The van der Waals surface area contributed by atoms with Gasteiger partial charge in [-0.25, -0.2) is 0 Å². The van der Waals surface area contributed by atoms with Gasteiger partial charge in [0.25, 0.3) is 0 Å². The molecule has 9 heteroatoms. The summed E-state index contributed by atoms with van der Waals surface area (Å²) in [4.78, 5) is 27.9. The molecule has 0 bridgehead atoms. The van der Waals surface area contributed by atoms with Crippen molar-refractivity contribution >= 4 is 24.2 Å². The van der Waals surface area contributed by atoms with Gasteiger partial charge < -0.3 is 31.9 Å². The molecule has 0 fully saturated rings. The predicted molar refractivity (Wildman–Crippen MR) is 116 cm³/mol. The van der Waals surface area contributed by atoms with Crippen molar-refractivity contribution in [2.75, 3.05) is 25.1 Å². The summed E-state index contributed by atoms with van der Waals surface area (Å²) in [6.07, 6.45) is 4.09. The minimum absolute atomic E-state index is 0.0400. The summed E-state index contributed by atoms with van der Waals surface area (Å²) in [6, 6.07) is 7.13. The van der Waals surface area contributed by atoms with Crippen molar-refractivity contribution in [1.29, 1.82) is 0 Å². The molecule has 0 saturated carbocycles. The summed E-state index contributed by atoms with van der Waals surface area (Å²) in [5, 5.41) is 22.1. The van der Waals surface area contributed by atoms with Gasteiger partial charge in [-0.3, -0.25) is 14.6 Å². The summed E-state index contributed by atoms with van der Waals surface area (Å²) in [5.41, 5.74) is 15.6. The number of aliphatic imine (C=N–C) groups is 1. The second-order valence-corrected chi connectivity index (χ2v) is 6.74. The molecule has 1 aliphatic heterocycles. The van der Waals surface area contributed by atoms with Crippen molar-refractivity contribution < 1.29 is 19.8 Å². The van der Waals surface area contributed by atoms with Gasteiger partial charge in [0.05, 0.1) is 25.3 Å². The van der Waals surface area contributed by atoms with E-state index in [1.807, 2.05) is 17.0 Å². The Hall–Kier alpha value is -3.59. The topological polar surface area (TPSA) is 154 Å². The molecule has 0 atom stereocenters. The van der Waals surface area contributed by atoms with Crippen LogP contribution >= 0.6 is 0 Å². The first-order chi connectivity index (χ1) is 14.4. The molecule has 0 amide bonds. The number of nitrogens with zero attached hydrogens (tertiary/aromatic N) is 2. The molecule has 160 valence electrons. The van der Waals surface area contributed by atoms with E-state index in [2.05, 4.69) is 10.3 Å². The van der Waals surface area contributed by atoms with E-state index in [-0.39, 0.29) is 18.8 Å². The molecular weight excluding hydrogens is 386 g/mol. The van der Waals surface area contributed by atoms with Crippen LogP contribution in [0.25, 0.3) is 0 Å². The molecule has 7 N–H and O–H groups in total. The zero-order chi connectivity index (χ0) is 22.1. The zero-order valence-corrected chi connectivity index (χ0v) is 16.8. The fraction of sp³-hybridized carbons (Fsp3) is 0.286. The second kappa shape index (κ2) is 10.8. The maximum absolute atomic E-state index is 10.9. The molecule has 0 aliphatic carbocycles. The number of benzene rings is 1. The lowest BCUT2D eigenvalue weighted by Crippen LogP contribution is -2.35. The normalized spacial score (nSPS) is 15.9. The summed E-state index contributed by atoms with van der Waals surface area (Å²) in [5.74, 6) is -1.25. The highest BCUT2D eigenvalue weighted by molar-refractivity contribution is 5.81. The first-order valence-electron chi connectivity index (χ1n) is 9.41. The maximum Gasteiger partial charge on any atom is 0.307 e. The van der Waals surface area contributed by atoms with Crippen LogP contribution in [-0.4, -0.2) is 53.3 Å². The molecule has 30 heavy (non-hydrogen) atoms. The number of aliphatic hydroxyl groups excluding tert-OH is 1. The van der Waals surface area contributed by atoms with Gasteiger partial charge in [-0.2, -0.15) is 0 Å². The van der Waals surface area contributed by atoms with Crippen LogP contribution < -0.4 is 16.8 Å². The van der Waals surface area contributed by atoms with Crippen LogP contribution in [0.2, 0.25) is 0 Å². The predicted octanol–water partition coefficient (Wildman–Crippen LogP) is 1.50. The van der Waals surface area contributed by atoms with Gasteiger partial charge in [-0.15, -0.1) is 0 Å². The molecule has 9 nitrogen and oxygen atoms in total. The Morgan fingerprint density at radius 3 is 2.57 bits per heavy atom. The number of carbonyl (C=O) groups is 2. The fourth-order valence-corrected chi connectivity index (χ4v) is 3.15. The number of aliphatic hydroxyl groups is 1. The number of carbonyl (C=O) groups excluding carboxylic acids is 1. The molecule has 1 heterocycles. The van der Waals surface area contributed by atoms with Crippen LogP contribution in [0.5, 0.6) is 0 Å². The van der Waals surface area contributed by atoms with E-state index in [0.29, 0.717) is 42.6 Å². The van der Waals surface area contributed by atoms with Crippen molar-refractivity contribution in [3.63, 3.8) is 0 Å². The van der Waals surface area contributed by atoms with Crippen LogP contribution in [-0.2, 0) is 16.0 Å². The van der Waals surface area contributed by atoms with E-state index in [0.717, 1.165) is 17.0 Å². The number of anilines is 1. The van der Waals surface area contributed by atoms with E-state index in [1.165, 1.54) is 6.20 Å². The Morgan fingerprint density at radius 1 is 1.30 bits per heavy atom. The maximum atomic E-state index is 10.9. The van der Waals surface area contributed by atoms with Crippen LogP contribution in [0.4, 0.5) is 5.69 Å². The smallest absolute Gasteiger partial charge is 0.307 e. The Labute approximate surface area is 175 Å². The molecule has 0 spiro atoms. The third-order valence-electron chi connectivity index (χ3n) is 4.72. The second-order valence-electron chi connectivity index (χ2n) is 6.74. The quantitative estimate of drug-likeness (QED) is 0.134. The Balaban J connectivity index is 2.29. The first kappa shape index (κ1) is 22.7. The highest BCUT2D eigenvalue weighted by Crippen LogP contribution is 2.26. The summed E-state index contributed by atoms with van der Waals surface area (Å²) < 4.78 is 0. The zero-order valence-electron chi connectivity index (χ0n) is 16.8. The van der Waals surface area contributed by atoms with Crippen LogP contribution in [0.1, 0.15) is 18.9 Å². The van der Waals surface area contributed by atoms with Crippen LogP contribution in [0.15, 0.2) is 63.8 Å². The van der Waals surface area contributed by atoms with Gasteiger partial charge in [-0.05, 0) is 36.6 Å². The highest BCUT2D eigenvalue weighted by atomic mass is 16.4. The van der Waals surface area contributed by atoms with Crippen molar-refractivity contribution in [1.82, 2.24) is 4.90 Å². The largest absolute Gasteiger partial charge is 0.504 e. The number of nitrogens with one attached hydrogen (secondary N) is 1. The average Bonchev–Trinajstić information content (AvgIpc) is 2.74. The number of aldehydes is 1. The van der Waals surface area contributed by atoms with Gasteiger partial charge in [-0.1, -0.05) is 12.1 Å². The molecular formula is C21H27N5O4. The number of rotatable bonds is 9. The molecule has 0 unspecified atom stereocenters. The molecule has 1 aliphatic rings. The highest BCUT2D eigenvalue weighted by Gasteiger charge is 2.22. The number of carboxylic acid groups (broad SMARTS) is 1. The van der Waals surface area contributed by atoms with Crippen molar-refractivity contribution in [3.8, 4) is 0 Å². The summed E-state index contributed by atoms with van der Waals surface area (Å²) in [6.45, 7) is 2.86. The minimum Gasteiger partial charge on any atom is -0.504 e. The number of nitrogens with two attached hydrogens (primary N) is 2. The van der Waals surface area contributed by atoms with Gasteiger partial charge in [0.1, 0.15) is 0 Å². The van der Waals surface area contributed by atoms with E-state index in [4.69, 9.17) is 16.6 Å². The standard InChI is InChI=1S/C21H27N5O4/c1-14(20(28)12-27)19(9-22)26-7-6-16(10-24-13-23)18(11-26)25-17-4-2-15(3-5-17)8-21(29)30/h2-5,9-10,12,25,28H,6-8,11,13,22-23H2,1H3,(H,29,30)/b19-9+,20-14+,24-10-. The minimum atomic E-state index is -0.885. The lowest BCUT2D eigenvalue weighted by molar-refractivity contribution is -0.136. The number of hydrogen-bond acceptors (Lipinski definition) is 8. The first-order valence-corrected chi connectivity index (χ1v) is 9.41. The van der Waals surface area contributed by atoms with Crippen LogP contribution in [0, 0.1) is 0 Å². The van der Waals surface area contributed by atoms with Crippen molar-refractivity contribution in [3.05, 3.63) is 64.3 Å². The Morgan fingerprint density at radius 2 is 2.00 bits per heavy atom. The lowest BCUT2D eigenvalue weighted by Gasteiger charge is -2.34. The van der Waals surface area contributed by atoms with Gasteiger partial charge in [0, 0.05) is 35.9 Å². The van der Waals surface area contributed by atoms with Gasteiger partial charge >= 0.3 is 5.97 Å². The number of aliphatic carboxylic acids is 1. The van der Waals surface area contributed by atoms with Crippen molar-refractivity contribution in [2.45, 2.75) is 19.8 Å². The van der Waals surface area contributed by atoms with E-state index >= 15 is 0 Å². The number of carboxylic acids is 1. The summed E-state index contributed by atoms with van der Waals surface area (Å²) >= 11 is 0. The number of hydrogen-bond donors (Lipinski definition) is 5. The van der Waals surface area contributed by atoms with E-state index in [9.17, 15) is 14.7 Å². The molecule has 1 aromatic carbocycles. The molecule has 0 radical (unpaired) electrons. The van der Waals surface area contributed by atoms with Crippen molar-refractivity contribution in [2.24, 2.45) is 16.5 Å². The molecule has 0 saturated heterocycles. The van der Waals surface area contributed by atoms with Gasteiger partial charge in [0.2, 0.25) is 0 Å². The average molecular weight is 413 g/mol. The van der Waals surface area contributed by atoms with Gasteiger partial charge in [0.15, 0.2) is 12.0 Å². The third kappa shape index (κ3) is 5.95. The lowest BCUT2D eigenvalue weighted by atomic mass is 10.0. The van der Waals surface area contributed by atoms with E-state index < -0.39 is 5.97 Å². The van der Waals surface area contributed by atoms with E-state index in [1.54, 1.807) is 25.3 Å². The number of allylic oxidation sites excluding steroid dienone is 2.